The summed E-state index contributed by atoms with van der Waals surface area (Å²) in [7, 11) is 5.94. The van der Waals surface area contributed by atoms with Gasteiger partial charge in [-0.25, -0.2) is 4.79 Å². The number of nitrogens with zero attached hydrogens (tertiary/aromatic N) is 1. The molecule has 0 spiro atoms. The van der Waals surface area contributed by atoms with Gasteiger partial charge in [-0.3, -0.25) is 9.59 Å². The van der Waals surface area contributed by atoms with Crippen molar-refractivity contribution in [1.82, 2.24) is 0 Å². The van der Waals surface area contributed by atoms with Gasteiger partial charge in [0.05, 0.1) is 34.4 Å². The van der Waals surface area contributed by atoms with Crippen LogP contribution in [0.5, 0.6) is 0 Å². The van der Waals surface area contributed by atoms with E-state index in [1.165, 1.54) is 0 Å². The molecule has 81 heavy (non-hydrogen) atoms. The Labute approximate surface area is 494 Å². The van der Waals surface area contributed by atoms with Gasteiger partial charge in [0.25, 0.3) is 6.29 Å². The number of carboxylic acids is 1. The number of unbranched alkanes of at least 4 members (excludes halogenated alkanes) is 9. The number of aliphatic carboxylic acids is 1. The molecule has 0 amide bonds. The summed E-state index contributed by atoms with van der Waals surface area (Å²) in [6.45, 7) is 4.55. The van der Waals surface area contributed by atoms with Gasteiger partial charge in [-0.05, 0) is 135 Å². The lowest BCUT2D eigenvalue weighted by Crippen LogP contribution is -2.40. The number of carbonyl (C=O) groups is 3. The molecule has 0 bridgehead atoms. The Hall–Kier alpha value is -5.61. The van der Waals surface area contributed by atoms with Crippen molar-refractivity contribution in [2.75, 3.05) is 47.5 Å². The summed E-state index contributed by atoms with van der Waals surface area (Å²) in [6.07, 6.45) is 89.8. The number of hydrogen-bond donors (Lipinski definition) is 1. The summed E-state index contributed by atoms with van der Waals surface area (Å²) in [6, 6.07) is 0. The maximum Gasteiger partial charge on any atom is 0.361 e. The number of carbonyl (C=O) groups excluding carboxylic acids is 2. The van der Waals surface area contributed by atoms with Crippen molar-refractivity contribution in [3.8, 4) is 0 Å². The van der Waals surface area contributed by atoms with Crippen LogP contribution in [0.3, 0.4) is 0 Å². The monoisotopic (exact) mass is 1120 g/mol. The highest BCUT2D eigenvalue weighted by molar-refractivity contribution is 5.71. The van der Waals surface area contributed by atoms with Crippen molar-refractivity contribution < 1.29 is 42.9 Å². The summed E-state index contributed by atoms with van der Waals surface area (Å²) >= 11 is 0. The van der Waals surface area contributed by atoms with Crippen molar-refractivity contribution in [1.29, 1.82) is 0 Å². The SMILES string of the molecule is CC/C=C\C/C=C\C/C=C\C/C=C\C/C=C\C/C=C\C/C=C\C/C=C\C/C=C\C/C=C\CCCCCCCCC(=O)OC(COC(=O)CCCCC/C=C\C/C=C\C/C=C\C/C=C\C/C=C\CC)COC(OCC[N+](C)(C)C)C(=O)O. The minimum Gasteiger partial charge on any atom is -0.477 e. The molecule has 452 valence electrons. The Morgan fingerprint density at radius 3 is 1.00 bits per heavy atom. The van der Waals surface area contributed by atoms with Gasteiger partial charge in [0.2, 0.25) is 0 Å². The number of quaternary nitrogens is 1. The van der Waals surface area contributed by atoms with E-state index in [-0.39, 0.29) is 38.6 Å². The van der Waals surface area contributed by atoms with E-state index in [0.29, 0.717) is 23.9 Å². The molecule has 9 nitrogen and oxygen atoms in total. The number of rotatable bonds is 54. The largest absolute Gasteiger partial charge is 0.477 e. The van der Waals surface area contributed by atoms with E-state index in [9.17, 15) is 19.5 Å². The highest BCUT2D eigenvalue weighted by Crippen LogP contribution is 2.13. The van der Waals surface area contributed by atoms with Gasteiger partial charge >= 0.3 is 17.9 Å². The standard InChI is InChI=1S/C72H111NO8/c1-6-8-10-12-14-16-18-20-22-24-26-27-28-29-30-31-32-33-34-35-36-37-38-39-40-41-42-43-45-47-49-51-53-55-57-59-61-63-70(75)81-68(67-80-72(71(76)77)78-65-64-73(3,4)5)66-79-69(74)62-60-58-56-54-52-50-48-46-44-25-23-21-19-17-15-13-11-9-7-2/h8-11,14-17,20-23,26-27,29-30,32-33,35-36,38-39,41-42,44-47,50,52,68,72H,6-7,12-13,18-19,24-25,28,31,34,37,40,43,48-49,51,53-67H2,1-5H3/p+1/b10-8-,11-9-,16-14-,17-15-,22-20-,23-21-,27-26-,30-29-,33-32-,36-35-,39-38-,42-41-,46-44-,47-45-,52-50-. The van der Waals surface area contributed by atoms with Gasteiger partial charge in [-0.15, -0.1) is 0 Å². The lowest BCUT2D eigenvalue weighted by Gasteiger charge is -2.25. The molecule has 2 unspecified atom stereocenters. The second kappa shape index (κ2) is 60.5. The normalized spacial score (nSPS) is 14.0. The summed E-state index contributed by atoms with van der Waals surface area (Å²) < 4.78 is 22.8. The summed E-state index contributed by atoms with van der Waals surface area (Å²) in [5.74, 6) is -2.10. The van der Waals surface area contributed by atoms with Crippen molar-refractivity contribution in [2.24, 2.45) is 0 Å². The van der Waals surface area contributed by atoms with Gasteiger partial charge < -0.3 is 28.5 Å². The Balaban J connectivity index is 4.32. The molecule has 0 fully saturated rings. The Morgan fingerprint density at radius 2 is 0.667 bits per heavy atom. The van der Waals surface area contributed by atoms with Crippen molar-refractivity contribution in [3.63, 3.8) is 0 Å². The highest BCUT2D eigenvalue weighted by atomic mass is 16.7. The fourth-order valence-electron chi connectivity index (χ4n) is 7.48. The third-order valence-corrected chi connectivity index (χ3v) is 12.2. The van der Waals surface area contributed by atoms with Crippen LogP contribution in [0.25, 0.3) is 0 Å². The molecule has 0 radical (unpaired) electrons. The van der Waals surface area contributed by atoms with E-state index >= 15 is 0 Å². The summed E-state index contributed by atoms with van der Waals surface area (Å²) in [4.78, 5) is 37.5. The van der Waals surface area contributed by atoms with Crippen LogP contribution >= 0.6 is 0 Å². The average Bonchev–Trinajstić information content (AvgIpc) is 3.44. The molecule has 2 atom stereocenters. The first-order valence-electron chi connectivity index (χ1n) is 30.9. The summed E-state index contributed by atoms with van der Waals surface area (Å²) in [5.41, 5.74) is 0. The number of carboxylic acid groups (broad SMARTS) is 1. The summed E-state index contributed by atoms with van der Waals surface area (Å²) in [5, 5.41) is 9.71. The van der Waals surface area contributed by atoms with Crippen LogP contribution in [0.2, 0.25) is 0 Å². The van der Waals surface area contributed by atoms with Crippen LogP contribution in [-0.2, 0) is 33.3 Å². The van der Waals surface area contributed by atoms with Crippen LogP contribution in [0.15, 0.2) is 182 Å². The fourth-order valence-corrected chi connectivity index (χ4v) is 7.48. The van der Waals surface area contributed by atoms with Crippen LogP contribution in [0.4, 0.5) is 0 Å². The molecule has 9 heteroatoms. The molecular formula is C72H112NO8+. The van der Waals surface area contributed by atoms with Gasteiger partial charge in [-0.1, -0.05) is 228 Å². The van der Waals surface area contributed by atoms with Crippen LogP contribution < -0.4 is 0 Å². The van der Waals surface area contributed by atoms with Crippen molar-refractivity contribution >= 4 is 17.9 Å². The minimum absolute atomic E-state index is 0.168. The highest BCUT2D eigenvalue weighted by Gasteiger charge is 2.25. The molecule has 1 N–H and O–H groups in total. The molecule has 0 rings (SSSR count). The number of ether oxygens (including phenoxy) is 4. The first-order valence-corrected chi connectivity index (χ1v) is 30.9. The van der Waals surface area contributed by atoms with E-state index in [2.05, 4.69) is 196 Å². The van der Waals surface area contributed by atoms with Crippen LogP contribution in [0, 0.1) is 0 Å². The van der Waals surface area contributed by atoms with Crippen molar-refractivity contribution in [3.05, 3.63) is 182 Å². The first kappa shape index (κ1) is 75.4. The minimum atomic E-state index is -1.54. The Morgan fingerprint density at radius 1 is 0.370 bits per heavy atom. The van der Waals surface area contributed by atoms with Crippen molar-refractivity contribution in [2.45, 2.75) is 206 Å². The molecule has 0 aromatic carbocycles. The topological polar surface area (TPSA) is 108 Å². The zero-order valence-electron chi connectivity index (χ0n) is 51.4. The smallest absolute Gasteiger partial charge is 0.361 e. The molecular weight excluding hydrogens is 1010 g/mol. The van der Waals surface area contributed by atoms with Gasteiger partial charge in [0.1, 0.15) is 13.2 Å². The zero-order valence-corrected chi connectivity index (χ0v) is 51.4. The maximum absolute atomic E-state index is 12.9. The second-order valence-corrected chi connectivity index (χ2v) is 20.9. The number of allylic oxidation sites excluding steroid dienone is 30. The molecule has 0 aromatic heterocycles. The van der Waals surface area contributed by atoms with Gasteiger partial charge in [-0.2, -0.15) is 0 Å². The average molecular weight is 1120 g/mol. The van der Waals surface area contributed by atoms with E-state index in [1.807, 2.05) is 21.1 Å². The Bertz CT molecular complexity index is 1980. The Kier molecular flexibility index (Phi) is 56.3. The lowest BCUT2D eigenvalue weighted by molar-refractivity contribution is -0.870. The second-order valence-electron chi connectivity index (χ2n) is 20.9. The molecule has 0 aliphatic rings. The lowest BCUT2D eigenvalue weighted by atomic mass is 10.1. The predicted octanol–water partition coefficient (Wildman–Crippen LogP) is 18.9. The van der Waals surface area contributed by atoms with E-state index < -0.39 is 24.3 Å². The molecule has 0 aromatic rings. The van der Waals surface area contributed by atoms with E-state index in [1.54, 1.807) is 0 Å². The van der Waals surface area contributed by atoms with Gasteiger partial charge in [0.15, 0.2) is 6.10 Å². The predicted molar refractivity (Wildman–Crippen MR) is 345 cm³/mol. The zero-order chi connectivity index (χ0) is 59.1. The number of likely N-dealkylation sites (N-methyl/N-ethyl adjacent to an activating group) is 1. The molecule has 0 aliphatic carbocycles. The third kappa shape index (κ3) is 61.9. The van der Waals surface area contributed by atoms with Crippen LogP contribution in [-0.4, -0.2) is 87.4 Å². The molecule has 0 saturated carbocycles. The van der Waals surface area contributed by atoms with Crippen LogP contribution in [0.1, 0.15) is 194 Å². The van der Waals surface area contributed by atoms with E-state index in [4.69, 9.17) is 18.9 Å². The maximum atomic E-state index is 12.9. The third-order valence-electron chi connectivity index (χ3n) is 12.2. The van der Waals surface area contributed by atoms with E-state index in [0.717, 1.165) is 154 Å². The van der Waals surface area contributed by atoms with Gasteiger partial charge in [0, 0.05) is 12.8 Å². The first-order chi connectivity index (χ1) is 39.6. The molecule has 0 saturated heterocycles. The molecule has 0 aliphatic heterocycles. The quantitative estimate of drug-likeness (QED) is 0.0211. The molecule has 0 heterocycles. The fraction of sp³-hybridized carbons (Fsp3) is 0.542. The number of hydrogen-bond acceptors (Lipinski definition) is 7. The number of esters is 2.